The monoisotopic (exact) mass is 512 g/mol. The molecule has 1 aliphatic rings. The number of amides is 2. The van der Waals surface area contributed by atoms with Crippen LogP contribution in [0.1, 0.15) is 12.0 Å². The lowest BCUT2D eigenvalue weighted by Crippen LogP contribution is -2.31. The van der Waals surface area contributed by atoms with E-state index >= 15 is 0 Å². The molecule has 2 aromatic rings. The van der Waals surface area contributed by atoms with Gasteiger partial charge in [0.15, 0.2) is 0 Å². The predicted octanol–water partition coefficient (Wildman–Crippen LogP) is 4.66. The maximum atomic E-state index is 13.8. The first-order valence-electron chi connectivity index (χ1n) is 7.99. The molecule has 1 N–H and O–H groups in total. The fraction of sp³-hybridized carbons (Fsp3) is 0.105. The van der Waals surface area contributed by atoms with Crippen molar-refractivity contribution < 1.29 is 14.0 Å². The van der Waals surface area contributed by atoms with E-state index in [0.717, 1.165) is 15.3 Å². The van der Waals surface area contributed by atoms with Crippen LogP contribution in [0.4, 0.5) is 10.1 Å². The van der Waals surface area contributed by atoms with Crippen molar-refractivity contribution in [2.24, 2.45) is 0 Å². The van der Waals surface area contributed by atoms with Crippen LogP contribution in [-0.2, 0) is 9.59 Å². The third-order valence-electron chi connectivity index (χ3n) is 3.74. The summed E-state index contributed by atoms with van der Waals surface area (Å²) in [6.07, 6.45) is 1.60. The first-order chi connectivity index (χ1) is 12.9. The summed E-state index contributed by atoms with van der Waals surface area (Å²) in [5.41, 5.74) is 1.03. The van der Waals surface area contributed by atoms with Crippen molar-refractivity contribution in [2.75, 3.05) is 11.9 Å². The minimum atomic E-state index is -0.403. The molecule has 1 aliphatic heterocycles. The van der Waals surface area contributed by atoms with E-state index in [2.05, 4.69) is 27.9 Å². The lowest BCUT2D eigenvalue weighted by atomic mass is 10.2. The molecule has 2 aromatic carbocycles. The van der Waals surface area contributed by atoms with Gasteiger partial charge in [0.2, 0.25) is 5.91 Å². The van der Waals surface area contributed by atoms with Gasteiger partial charge in [-0.2, -0.15) is 0 Å². The SMILES string of the molecule is O=C(CCN1C(=O)C(=Cc2ccccc2F)SC1=S)Nc1cccc(I)c1. The number of halogens is 2. The molecule has 138 valence electrons. The van der Waals surface area contributed by atoms with Crippen molar-refractivity contribution in [3.05, 3.63) is 68.4 Å². The summed E-state index contributed by atoms with van der Waals surface area (Å²) in [6.45, 7) is 0.176. The van der Waals surface area contributed by atoms with Crippen LogP contribution in [0, 0.1) is 9.39 Å². The highest BCUT2D eigenvalue weighted by molar-refractivity contribution is 14.1. The zero-order valence-corrected chi connectivity index (χ0v) is 17.7. The van der Waals surface area contributed by atoms with Crippen LogP contribution in [0.2, 0.25) is 0 Å². The molecular formula is C19H14FIN2O2S2. The minimum absolute atomic E-state index is 0.116. The summed E-state index contributed by atoms with van der Waals surface area (Å²) in [7, 11) is 0. The topological polar surface area (TPSA) is 49.4 Å². The largest absolute Gasteiger partial charge is 0.326 e. The van der Waals surface area contributed by atoms with Crippen molar-refractivity contribution in [1.82, 2.24) is 4.90 Å². The highest BCUT2D eigenvalue weighted by atomic mass is 127. The molecule has 0 unspecified atom stereocenters. The van der Waals surface area contributed by atoms with Crippen LogP contribution in [0.5, 0.6) is 0 Å². The Bertz CT molecular complexity index is 949. The second-order valence-corrected chi connectivity index (χ2v) is 8.58. The van der Waals surface area contributed by atoms with E-state index < -0.39 is 5.82 Å². The fourth-order valence-electron chi connectivity index (χ4n) is 2.43. The van der Waals surface area contributed by atoms with Crippen molar-refractivity contribution in [3.63, 3.8) is 0 Å². The van der Waals surface area contributed by atoms with Crippen molar-refractivity contribution in [3.8, 4) is 0 Å². The standard InChI is InChI=1S/C19H14FIN2O2S2/c20-15-7-2-1-4-12(15)10-16-18(25)23(19(26)27-16)9-8-17(24)22-14-6-3-5-13(21)11-14/h1-7,10-11H,8-9H2,(H,22,24). The molecule has 2 amide bonds. The van der Waals surface area contributed by atoms with Crippen LogP contribution in [0.3, 0.4) is 0 Å². The summed E-state index contributed by atoms with van der Waals surface area (Å²) >= 11 is 8.52. The van der Waals surface area contributed by atoms with E-state index in [1.54, 1.807) is 24.3 Å². The lowest BCUT2D eigenvalue weighted by Gasteiger charge is -2.14. The van der Waals surface area contributed by atoms with E-state index in [9.17, 15) is 14.0 Å². The van der Waals surface area contributed by atoms with Gasteiger partial charge in [-0.1, -0.05) is 48.2 Å². The summed E-state index contributed by atoms with van der Waals surface area (Å²) in [6, 6.07) is 13.7. The number of hydrogen-bond donors (Lipinski definition) is 1. The van der Waals surface area contributed by atoms with Gasteiger partial charge in [0.1, 0.15) is 10.1 Å². The number of carbonyl (C=O) groups excluding carboxylic acids is 2. The van der Waals surface area contributed by atoms with Gasteiger partial charge in [-0.05, 0) is 52.9 Å². The molecule has 3 rings (SSSR count). The molecule has 4 nitrogen and oxygen atoms in total. The molecule has 1 fully saturated rings. The Hall–Kier alpha value is -1.78. The highest BCUT2D eigenvalue weighted by Gasteiger charge is 2.32. The maximum Gasteiger partial charge on any atom is 0.266 e. The minimum Gasteiger partial charge on any atom is -0.326 e. The Morgan fingerprint density at radius 2 is 2.04 bits per heavy atom. The predicted molar refractivity (Wildman–Crippen MR) is 119 cm³/mol. The average Bonchev–Trinajstić information content (AvgIpc) is 2.88. The van der Waals surface area contributed by atoms with Gasteiger partial charge in [-0.25, -0.2) is 4.39 Å². The Labute approximate surface area is 179 Å². The van der Waals surface area contributed by atoms with Crippen molar-refractivity contribution >= 4 is 74.5 Å². The van der Waals surface area contributed by atoms with Gasteiger partial charge >= 0.3 is 0 Å². The van der Waals surface area contributed by atoms with E-state index in [0.29, 0.717) is 20.5 Å². The number of carbonyl (C=O) groups is 2. The molecule has 0 spiro atoms. The van der Waals surface area contributed by atoms with Crippen LogP contribution in [0.15, 0.2) is 53.4 Å². The molecule has 1 heterocycles. The summed E-state index contributed by atoms with van der Waals surface area (Å²) in [5, 5.41) is 2.80. The number of thioether (sulfide) groups is 1. The van der Waals surface area contributed by atoms with Crippen LogP contribution in [0.25, 0.3) is 6.08 Å². The summed E-state index contributed by atoms with van der Waals surface area (Å²) in [4.78, 5) is 26.4. The molecule has 8 heteroatoms. The van der Waals surface area contributed by atoms with Gasteiger partial charge < -0.3 is 5.32 Å². The van der Waals surface area contributed by atoms with E-state index in [1.807, 2.05) is 18.2 Å². The smallest absolute Gasteiger partial charge is 0.266 e. The third kappa shape index (κ3) is 5.14. The first-order valence-corrected chi connectivity index (χ1v) is 10.3. The van der Waals surface area contributed by atoms with E-state index in [1.165, 1.54) is 17.0 Å². The quantitative estimate of drug-likeness (QED) is 0.360. The van der Waals surface area contributed by atoms with Gasteiger partial charge in [-0.15, -0.1) is 0 Å². The number of nitrogens with zero attached hydrogens (tertiary/aromatic N) is 1. The van der Waals surface area contributed by atoms with Crippen LogP contribution in [-0.4, -0.2) is 27.6 Å². The number of rotatable bonds is 5. The van der Waals surface area contributed by atoms with Crippen molar-refractivity contribution in [2.45, 2.75) is 6.42 Å². The van der Waals surface area contributed by atoms with Gasteiger partial charge in [0, 0.05) is 27.8 Å². The number of nitrogens with one attached hydrogen (secondary N) is 1. The maximum absolute atomic E-state index is 13.8. The van der Waals surface area contributed by atoms with Gasteiger partial charge in [0.25, 0.3) is 5.91 Å². The number of hydrogen-bond acceptors (Lipinski definition) is 4. The number of benzene rings is 2. The molecule has 0 aromatic heterocycles. The Morgan fingerprint density at radius 1 is 1.26 bits per heavy atom. The lowest BCUT2D eigenvalue weighted by molar-refractivity contribution is -0.122. The molecule has 1 saturated heterocycles. The molecule has 0 saturated carbocycles. The van der Waals surface area contributed by atoms with Gasteiger partial charge in [-0.3, -0.25) is 14.5 Å². The second kappa shape index (κ2) is 8.94. The molecule has 0 bridgehead atoms. The number of anilines is 1. The molecule has 0 aliphatic carbocycles. The Kier molecular flexibility index (Phi) is 6.61. The Balaban J connectivity index is 1.62. The second-order valence-electron chi connectivity index (χ2n) is 5.66. The highest BCUT2D eigenvalue weighted by Crippen LogP contribution is 2.33. The van der Waals surface area contributed by atoms with Crippen LogP contribution < -0.4 is 5.32 Å². The summed E-state index contributed by atoms with van der Waals surface area (Å²) in [5.74, 6) is -0.918. The first kappa shape index (κ1) is 20.0. The van der Waals surface area contributed by atoms with E-state index in [-0.39, 0.29) is 24.8 Å². The molecule has 27 heavy (non-hydrogen) atoms. The third-order valence-corrected chi connectivity index (χ3v) is 5.79. The van der Waals surface area contributed by atoms with E-state index in [4.69, 9.17) is 12.2 Å². The van der Waals surface area contributed by atoms with Gasteiger partial charge in [0.05, 0.1) is 4.91 Å². The number of thiocarbonyl (C=S) groups is 1. The normalized spacial score (nSPS) is 15.5. The van der Waals surface area contributed by atoms with Crippen molar-refractivity contribution in [1.29, 1.82) is 0 Å². The molecule has 0 radical (unpaired) electrons. The zero-order chi connectivity index (χ0) is 19.4. The summed E-state index contributed by atoms with van der Waals surface area (Å²) < 4.78 is 15.2. The fourth-order valence-corrected chi connectivity index (χ4v) is 4.27. The molecule has 0 atom stereocenters. The van der Waals surface area contributed by atoms with Crippen LogP contribution >= 0.6 is 46.6 Å². The Morgan fingerprint density at radius 3 is 2.78 bits per heavy atom. The zero-order valence-electron chi connectivity index (χ0n) is 13.9. The average molecular weight is 512 g/mol. The molecular weight excluding hydrogens is 498 g/mol.